The molecule has 0 aliphatic rings. The average molecular weight is 314 g/mol. The monoisotopic (exact) mass is 313 g/mol. The van der Waals surface area contributed by atoms with Crippen LogP contribution in [0.3, 0.4) is 0 Å². The second-order valence-electron chi connectivity index (χ2n) is 4.35. The van der Waals surface area contributed by atoms with Crippen LogP contribution in [0, 0.1) is 5.82 Å². The lowest BCUT2D eigenvalue weighted by atomic mass is 10.2. The molecule has 0 fully saturated rings. The lowest BCUT2D eigenvalue weighted by Crippen LogP contribution is -2.30. The molecule has 0 bridgehead atoms. The fourth-order valence-corrected chi connectivity index (χ4v) is 2.81. The van der Waals surface area contributed by atoms with Gasteiger partial charge < -0.3 is 0 Å². The molecule has 0 aromatic heterocycles. The van der Waals surface area contributed by atoms with Gasteiger partial charge >= 0.3 is 0 Å². The van der Waals surface area contributed by atoms with Crippen molar-refractivity contribution in [1.29, 1.82) is 0 Å². The first-order chi connectivity index (χ1) is 9.38. The average Bonchev–Trinajstić information content (AvgIpc) is 2.38. The number of hydrogen-bond acceptors (Lipinski definition) is 2. The maximum Gasteiger partial charge on any atom is 0.232 e. The van der Waals surface area contributed by atoms with Crippen molar-refractivity contribution in [1.82, 2.24) is 0 Å². The van der Waals surface area contributed by atoms with Gasteiger partial charge in [0.1, 0.15) is 5.82 Å². The minimum absolute atomic E-state index is 0.0324. The van der Waals surface area contributed by atoms with Crippen molar-refractivity contribution in [2.45, 2.75) is 6.54 Å². The lowest BCUT2D eigenvalue weighted by Gasteiger charge is -2.23. The Labute approximate surface area is 122 Å². The van der Waals surface area contributed by atoms with Gasteiger partial charge in [-0.2, -0.15) is 0 Å². The number of anilines is 1. The molecule has 0 heterocycles. The fourth-order valence-electron chi connectivity index (χ4n) is 1.79. The van der Waals surface area contributed by atoms with Gasteiger partial charge in [-0.3, -0.25) is 4.31 Å². The van der Waals surface area contributed by atoms with Crippen LogP contribution in [0.1, 0.15) is 5.56 Å². The Hall–Kier alpha value is -1.59. The van der Waals surface area contributed by atoms with Crippen LogP contribution in [-0.4, -0.2) is 14.7 Å². The van der Waals surface area contributed by atoms with Crippen molar-refractivity contribution < 1.29 is 12.8 Å². The highest BCUT2D eigenvalue weighted by atomic mass is 35.5. The zero-order valence-electron chi connectivity index (χ0n) is 10.8. The number of rotatable bonds is 4. The van der Waals surface area contributed by atoms with Crippen LogP contribution >= 0.6 is 11.6 Å². The van der Waals surface area contributed by atoms with Gasteiger partial charge in [0, 0.05) is 5.02 Å². The molecule has 0 N–H and O–H groups in total. The van der Waals surface area contributed by atoms with Crippen LogP contribution in [-0.2, 0) is 16.6 Å². The predicted molar refractivity (Wildman–Crippen MR) is 78.9 cm³/mol. The Bertz CT molecular complexity index is 701. The Kier molecular flexibility index (Phi) is 4.30. The van der Waals surface area contributed by atoms with E-state index >= 15 is 0 Å². The Morgan fingerprint density at radius 1 is 1.10 bits per heavy atom. The molecular formula is C14H13ClFNO2S. The van der Waals surface area contributed by atoms with E-state index in [1.54, 1.807) is 30.3 Å². The topological polar surface area (TPSA) is 37.4 Å². The molecule has 2 aromatic carbocycles. The van der Waals surface area contributed by atoms with E-state index in [0.29, 0.717) is 5.02 Å². The third-order valence-corrected chi connectivity index (χ3v) is 4.14. The lowest BCUT2D eigenvalue weighted by molar-refractivity contribution is 0.590. The van der Waals surface area contributed by atoms with E-state index in [4.69, 9.17) is 11.6 Å². The van der Waals surface area contributed by atoms with E-state index in [9.17, 15) is 12.8 Å². The van der Waals surface area contributed by atoms with Gasteiger partial charge in [-0.1, -0.05) is 35.9 Å². The Balaban J connectivity index is 2.40. The first-order valence-electron chi connectivity index (χ1n) is 5.84. The first kappa shape index (κ1) is 14.8. The Morgan fingerprint density at radius 2 is 1.70 bits per heavy atom. The third kappa shape index (κ3) is 3.49. The van der Waals surface area contributed by atoms with E-state index in [-0.39, 0.29) is 12.2 Å². The van der Waals surface area contributed by atoms with Crippen molar-refractivity contribution in [3.63, 3.8) is 0 Å². The molecule has 0 atom stereocenters. The standard InChI is InChI=1S/C14H13ClFNO2S/c1-20(18,19)17(14-5-3-2-4-13(14)16)10-11-6-8-12(15)9-7-11/h2-9H,10H2,1H3. The van der Waals surface area contributed by atoms with E-state index < -0.39 is 15.8 Å². The number of benzene rings is 2. The van der Waals surface area contributed by atoms with Gasteiger partial charge in [-0.25, -0.2) is 12.8 Å². The molecule has 2 rings (SSSR count). The van der Waals surface area contributed by atoms with Crippen LogP contribution in [0.25, 0.3) is 0 Å². The summed E-state index contributed by atoms with van der Waals surface area (Å²) < 4.78 is 38.6. The van der Waals surface area contributed by atoms with Gasteiger partial charge in [0.05, 0.1) is 18.5 Å². The van der Waals surface area contributed by atoms with Crippen molar-refractivity contribution in [3.05, 3.63) is 64.9 Å². The minimum Gasteiger partial charge on any atom is -0.263 e. The van der Waals surface area contributed by atoms with Crippen LogP contribution in [0.4, 0.5) is 10.1 Å². The van der Waals surface area contributed by atoms with Gasteiger partial charge in [0.15, 0.2) is 0 Å². The molecule has 6 heteroatoms. The van der Waals surface area contributed by atoms with Crippen molar-refractivity contribution >= 4 is 27.3 Å². The normalized spacial score (nSPS) is 11.3. The van der Waals surface area contributed by atoms with Crippen molar-refractivity contribution in [2.75, 3.05) is 10.6 Å². The number of nitrogens with zero attached hydrogens (tertiary/aromatic N) is 1. The van der Waals surface area contributed by atoms with E-state index in [2.05, 4.69) is 0 Å². The second kappa shape index (κ2) is 5.81. The van der Waals surface area contributed by atoms with E-state index in [1.165, 1.54) is 18.2 Å². The van der Waals surface area contributed by atoms with E-state index in [1.807, 2.05) is 0 Å². The molecule has 0 radical (unpaired) electrons. The molecule has 106 valence electrons. The highest BCUT2D eigenvalue weighted by molar-refractivity contribution is 7.92. The number of halogens is 2. The number of hydrogen-bond donors (Lipinski definition) is 0. The van der Waals surface area contributed by atoms with E-state index in [0.717, 1.165) is 16.1 Å². The quantitative estimate of drug-likeness (QED) is 0.867. The van der Waals surface area contributed by atoms with Crippen LogP contribution in [0.15, 0.2) is 48.5 Å². The summed E-state index contributed by atoms with van der Waals surface area (Å²) in [5.41, 5.74) is 0.757. The number of sulfonamides is 1. The molecule has 0 saturated heterocycles. The zero-order valence-corrected chi connectivity index (χ0v) is 12.3. The molecule has 2 aromatic rings. The maximum atomic E-state index is 13.8. The number of para-hydroxylation sites is 1. The first-order valence-corrected chi connectivity index (χ1v) is 8.07. The molecule has 0 unspecified atom stereocenters. The fraction of sp³-hybridized carbons (Fsp3) is 0.143. The zero-order chi connectivity index (χ0) is 14.8. The molecule has 20 heavy (non-hydrogen) atoms. The molecular weight excluding hydrogens is 301 g/mol. The molecule has 0 saturated carbocycles. The minimum atomic E-state index is -3.59. The summed E-state index contributed by atoms with van der Waals surface area (Å²) in [5.74, 6) is -0.577. The highest BCUT2D eigenvalue weighted by Crippen LogP contribution is 2.24. The molecule has 0 aliphatic heterocycles. The molecule has 0 spiro atoms. The van der Waals surface area contributed by atoms with Crippen molar-refractivity contribution in [2.24, 2.45) is 0 Å². The summed E-state index contributed by atoms with van der Waals surface area (Å²) in [4.78, 5) is 0. The second-order valence-corrected chi connectivity index (χ2v) is 6.69. The largest absolute Gasteiger partial charge is 0.263 e. The summed E-state index contributed by atoms with van der Waals surface area (Å²) in [6.07, 6.45) is 1.05. The SMILES string of the molecule is CS(=O)(=O)N(Cc1ccc(Cl)cc1)c1ccccc1F. The summed E-state index contributed by atoms with van der Waals surface area (Å²) in [6, 6.07) is 12.5. The Morgan fingerprint density at radius 3 is 2.25 bits per heavy atom. The summed E-state index contributed by atoms with van der Waals surface area (Å²) >= 11 is 5.79. The third-order valence-electron chi connectivity index (χ3n) is 2.76. The van der Waals surface area contributed by atoms with Crippen LogP contribution in [0.2, 0.25) is 5.02 Å². The van der Waals surface area contributed by atoms with Gasteiger partial charge in [-0.15, -0.1) is 0 Å². The van der Waals surface area contributed by atoms with Crippen LogP contribution in [0.5, 0.6) is 0 Å². The predicted octanol–water partition coefficient (Wildman–Crippen LogP) is 3.45. The van der Waals surface area contributed by atoms with Crippen molar-refractivity contribution in [3.8, 4) is 0 Å². The maximum absolute atomic E-state index is 13.8. The smallest absolute Gasteiger partial charge is 0.232 e. The summed E-state index contributed by atoms with van der Waals surface area (Å²) in [5, 5.41) is 0.561. The van der Waals surface area contributed by atoms with Gasteiger partial charge in [0.2, 0.25) is 10.0 Å². The van der Waals surface area contributed by atoms with Gasteiger partial charge in [0.25, 0.3) is 0 Å². The van der Waals surface area contributed by atoms with Gasteiger partial charge in [-0.05, 0) is 29.8 Å². The summed E-state index contributed by atoms with van der Waals surface area (Å²) in [6.45, 7) is 0.0525. The summed E-state index contributed by atoms with van der Waals surface area (Å²) in [7, 11) is -3.59. The molecule has 3 nitrogen and oxygen atoms in total. The molecule has 0 aliphatic carbocycles. The highest BCUT2D eigenvalue weighted by Gasteiger charge is 2.20. The molecule has 0 amide bonds. The van der Waals surface area contributed by atoms with Crippen LogP contribution < -0.4 is 4.31 Å².